The average Bonchev–Trinajstić information content (AvgIpc) is 2.74. The average molecular weight is 348 g/mol. The zero-order chi connectivity index (χ0) is 18.2. The second-order valence-corrected chi connectivity index (χ2v) is 6.28. The van der Waals surface area contributed by atoms with Crippen LogP contribution in [0.4, 0.5) is 0 Å². The van der Waals surface area contributed by atoms with Crippen LogP contribution in [-0.4, -0.2) is 58.1 Å². The van der Waals surface area contributed by atoms with E-state index < -0.39 is 24.0 Å². The fourth-order valence-corrected chi connectivity index (χ4v) is 3.06. The number of likely N-dealkylation sites (tertiary alicyclic amines) is 1. The Bertz CT molecular complexity index is 605. The Hall–Kier alpha value is -2.41. The third-order valence-corrected chi connectivity index (χ3v) is 4.37. The third-order valence-electron chi connectivity index (χ3n) is 4.37. The molecule has 0 spiro atoms. The van der Waals surface area contributed by atoms with Gasteiger partial charge in [0.15, 0.2) is 0 Å². The molecule has 0 saturated carbocycles. The second kappa shape index (κ2) is 9.17. The number of carboxylic acid groups (broad SMARTS) is 2. The van der Waals surface area contributed by atoms with Gasteiger partial charge in [0.05, 0.1) is 6.04 Å². The number of carbonyl (C=O) groups is 3. The number of hydrogen-bond acceptors (Lipinski definition) is 4. The smallest absolute Gasteiger partial charge is 0.323 e. The topological polar surface area (TPSA) is 107 Å². The van der Waals surface area contributed by atoms with Crippen molar-refractivity contribution in [1.82, 2.24) is 10.2 Å². The Kier molecular flexibility index (Phi) is 6.94. The van der Waals surface area contributed by atoms with Crippen LogP contribution in [-0.2, 0) is 20.8 Å². The van der Waals surface area contributed by atoms with E-state index in [0.717, 1.165) is 18.4 Å². The van der Waals surface area contributed by atoms with E-state index in [4.69, 9.17) is 5.11 Å². The first-order chi connectivity index (χ1) is 12.0. The Morgan fingerprint density at radius 2 is 1.92 bits per heavy atom. The number of amides is 1. The maximum absolute atomic E-state index is 12.5. The number of aliphatic carboxylic acids is 2. The normalized spacial score (nSPS) is 19.3. The van der Waals surface area contributed by atoms with Crippen LogP contribution >= 0.6 is 0 Å². The lowest BCUT2D eigenvalue weighted by Crippen LogP contribution is -2.52. The van der Waals surface area contributed by atoms with E-state index >= 15 is 0 Å². The van der Waals surface area contributed by atoms with Gasteiger partial charge in [-0.1, -0.05) is 30.3 Å². The van der Waals surface area contributed by atoms with Gasteiger partial charge in [-0.2, -0.15) is 0 Å². The van der Waals surface area contributed by atoms with Crippen molar-refractivity contribution < 1.29 is 24.6 Å². The maximum Gasteiger partial charge on any atom is 0.323 e. The first-order valence-electron chi connectivity index (χ1n) is 8.50. The highest BCUT2D eigenvalue weighted by Gasteiger charge is 2.31. The molecule has 3 N–H and O–H groups in total. The molecule has 0 radical (unpaired) electrons. The second-order valence-electron chi connectivity index (χ2n) is 6.28. The molecule has 25 heavy (non-hydrogen) atoms. The van der Waals surface area contributed by atoms with Crippen molar-refractivity contribution in [2.45, 2.75) is 44.2 Å². The summed E-state index contributed by atoms with van der Waals surface area (Å²) in [5, 5.41) is 21.3. The molecule has 1 heterocycles. The summed E-state index contributed by atoms with van der Waals surface area (Å²) in [6, 6.07) is 8.07. The van der Waals surface area contributed by atoms with Gasteiger partial charge >= 0.3 is 11.9 Å². The molecule has 136 valence electrons. The molecule has 1 aliphatic rings. The molecule has 1 fully saturated rings. The molecule has 1 saturated heterocycles. The van der Waals surface area contributed by atoms with Crippen LogP contribution in [0.25, 0.3) is 0 Å². The van der Waals surface area contributed by atoms with E-state index in [1.165, 1.54) is 4.90 Å². The van der Waals surface area contributed by atoms with Crippen molar-refractivity contribution in [1.29, 1.82) is 0 Å². The molecule has 0 aromatic heterocycles. The summed E-state index contributed by atoms with van der Waals surface area (Å²) in [6.45, 7) is 0.0455. The summed E-state index contributed by atoms with van der Waals surface area (Å²) in [4.78, 5) is 36.3. The van der Waals surface area contributed by atoms with Gasteiger partial charge in [0.2, 0.25) is 5.91 Å². The Labute approximate surface area is 146 Å². The van der Waals surface area contributed by atoms with Gasteiger partial charge in [0.25, 0.3) is 0 Å². The van der Waals surface area contributed by atoms with E-state index in [1.54, 1.807) is 0 Å². The van der Waals surface area contributed by atoms with Gasteiger partial charge < -0.3 is 15.1 Å². The SMILES string of the molecule is O=C(O)CN1CCCC[C@H](NC(CCc2ccccc2)C(=O)O)C1=O. The summed E-state index contributed by atoms with van der Waals surface area (Å²) in [6.07, 6.45) is 2.94. The highest BCUT2D eigenvalue weighted by atomic mass is 16.4. The van der Waals surface area contributed by atoms with Crippen LogP contribution < -0.4 is 5.32 Å². The molecule has 2 atom stereocenters. The Morgan fingerprint density at radius 1 is 1.20 bits per heavy atom. The van der Waals surface area contributed by atoms with Crippen molar-refractivity contribution in [3.05, 3.63) is 35.9 Å². The molecule has 1 aromatic carbocycles. The van der Waals surface area contributed by atoms with Crippen LogP contribution in [0, 0.1) is 0 Å². The first-order valence-corrected chi connectivity index (χ1v) is 8.50. The van der Waals surface area contributed by atoms with Crippen LogP contribution in [0.3, 0.4) is 0 Å². The highest BCUT2D eigenvalue weighted by molar-refractivity contribution is 5.86. The first kappa shape index (κ1) is 18.9. The molecule has 1 aliphatic heterocycles. The third kappa shape index (κ3) is 5.86. The minimum atomic E-state index is -1.06. The van der Waals surface area contributed by atoms with Crippen molar-refractivity contribution in [3.63, 3.8) is 0 Å². The van der Waals surface area contributed by atoms with Crippen molar-refractivity contribution >= 4 is 17.8 Å². The lowest BCUT2D eigenvalue weighted by molar-refractivity contribution is -0.146. The number of benzene rings is 1. The zero-order valence-electron chi connectivity index (χ0n) is 14.1. The molecule has 2 rings (SSSR count). The van der Waals surface area contributed by atoms with E-state index in [0.29, 0.717) is 25.8 Å². The van der Waals surface area contributed by atoms with Gasteiger partial charge in [-0.05, 0) is 37.7 Å². The molecular weight excluding hydrogens is 324 g/mol. The fourth-order valence-electron chi connectivity index (χ4n) is 3.06. The van der Waals surface area contributed by atoms with Crippen LogP contribution in [0.1, 0.15) is 31.2 Å². The molecule has 1 unspecified atom stereocenters. The van der Waals surface area contributed by atoms with Crippen molar-refractivity contribution in [3.8, 4) is 0 Å². The van der Waals surface area contributed by atoms with Crippen LogP contribution in [0.15, 0.2) is 30.3 Å². The summed E-state index contributed by atoms with van der Waals surface area (Å²) in [5.74, 6) is -2.39. The summed E-state index contributed by atoms with van der Waals surface area (Å²) in [7, 11) is 0. The minimum Gasteiger partial charge on any atom is -0.480 e. The maximum atomic E-state index is 12.5. The number of rotatable bonds is 8. The predicted octanol–water partition coefficient (Wildman–Crippen LogP) is 1.13. The standard InChI is InChI=1S/C18H24N2O5/c21-16(22)12-20-11-5-4-8-14(17(20)23)19-15(18(24)25)10-9-13-6-2-1-3-7-13/h1-3,6-7,14-15,19H,4-5,8-12H2,(H,21,22)(H,24,25)/t14-,15?/m0/s1. The largest absolute Gasteiger partial charge is 0.480 e. The molecule has 0 aliphatic carbocycles. The van der Waals surface area contributed by atoms with Gasteiger partial charge in [-0.3, -0.25) is 19.7 Å². The number of carbonyl (C=O) groups excluding carboxylic acids is 1. The van der Waals surface area contributed by atoms with Crippen LogP contribution in [0.5, 0.6) is 0 Å². The summed E-state index contributed by atoms with van der Waals surface area (Å²) in [5.41, 5.74) is 1.04. The molecule has 1 amide bonds. The molecule has 7 heteroatoms. The quantitative estimate of drug-likeness (QED) is 0.650. The monoisotopic (exact) mass is 348 g/mol. The van der Waals surface area contributed by atoms with E-state index in [2.05, 4.69) is 5.32 Å². The van der Waals surface area contributed by atoms with Gasteiger partial charge in [-0.25, -0.2) is 0 Å². The van der Waals surface area contributed by atoms with Crippen molar-refractivity contribution in [2.75, 3.05) is 13.1 Å². The number of carboxylic acids is 2. The van der Waals surface area contributed by atoms with E-state index in [9.17, 15) is 19.5 Å². The Balaban J connectivity index is 2.00. The van der Waals surface area contributed by atoms with Crippen molar-refractivity contribution in [2.24, 2.45) is 0 Å². The number of hydrogen-bond donors (Lipinski definition) is 3. The zero-order valence-corrected chi connectivity index (χ0v) is 14.1. The molecule has 7 nitrogen and oxygen atoms in total. The Morgan fingerprint density at radius 3 is 2.56 bits per heavy atom. The van der Waals surface area contributed by atoms with Gasteiger partial charge in [0, 0.05) is 6.54 Å². The minimum absolute atomic E-state index is 0.328. The van der Waals surface area contributed by atoms with Gasteiger partial charge in [0.1, 0.15) is 12.6 Å². The predicted molar refractivity (Wildman–Crippen MR) is 91.2 cm³/mol. The highest BCUT2D eigenvalue weighted by Crippen LogP contribution is 2.14. The number of nitrogens with zero attached hydrogens (tertiary/aromatic N) is 1. The lowest BCUT2D eigenvalue weighted by Gasteiger charge is -2.26. The lowest BCUT2D eigenvalue weighted by atomic mass is 10.0. The van der Waals surface area contributed by atoms with E-state index in [1.807, 2.05) is 30.3 Å². The van der Waals surface area contributed by atoms with Gasteiger partial charge in [-0.15, -0.1) is 0 Å². The fraction of sp³-hybridized carbons (Fsp3) is 0.500. The summed E-state index contributed by atoms with van der Waals surface area (Å²) >= 11 is 0. The number of nitrogens with one attached hydrogen (secondary N) is 1. The molecule has 1 aromatic rings. The summed E-state index contributed by atoms with van der Waals surface area (Å²) < 4.78 is 0. The molecule has 0 bridgehead atoms. The van der Waals surface area contributed by atoms with E-state index in [-0.39, 0.29) is 12.5 Å². The van der Waals surface area contributed by atoms with Crippen LogP contribution in [0.2, 0.25) is 0 Å². The number of aryl methyl sites for hydroxylation is 1. The molecular formula is C18H24N2O5.